The van der Waals surface area contributed by atoms with E-state index in [1.807, 2.05) is 17.0 Å². The van der Waals surface area contributed by atoms with Crippen molar-refractivity contribution in [2.45, 2.75) is 12.7 Å². The number of halogens is 4. The summed E-state index contributed by atoms with van der Waals surface area (Å²) in [6, 6.07) is 10.2. The Labute approximate surface area is 224 Å². The SMILES string of the molecule is CN(CCI)Cc1ccc(NC(=O)Nc2cc(-c3ccc4nc(N)ncc4c3)n(C)n2)cc1C(F)(F)F. The van der Waals surface area contributed by atoms with Crippen molar-refractivity contribution in [3.63, 3.8) is 0 Å². The minimum absolute atomic E-state index is 0.0232. The third-order valence-electron chi connectivity index (χ3n) is 5.60. The molecule has 13 heteroatoms. The second kappa shape index (κ2) is 10.9. The molecule has 0 fully saturated rings. The number of benzene rings is 2. The Morgan fingerprint density at radius 1 is 1.16 bits per heavy atom. The maximum atomic E-state index is 13.7. The van der Waals surface area contributed by atoms with E-state index in [2.05, 4.69) is 48.3 Å². The minimum atomic E-state index is -4.55. The van der Waals surface area contributed by atoms with Crippen LogP contribution in [-0.2, 0) is 19.8 Å². The predicted octanol–water partition coefficient (Wildman–Crippen LogP) is 5.14. The van der Waals surface area contributed by atoms with Crippen LogP contribution in [0.2, 0.25) is 0 Å². The molecule has 9 nitrogen and oxygen atoms in total. The maximum Gasteiger partial charge on any atom is 0.416 e. The molecule has 2 amide bonds. The number of aryl methyl sites for hydroxylation is 1. The number of carbonyl (C=O) groups is 1. The number of carbonyl (C=O) groups excluding carboxylic acids is 1. The second-order valence-corrected chi connectivity index (χ2v) is 9.49. The van der Waals surface area contributed by atoms with E-state index in [1.165, 1.54) is 12.1 Å². The third kappa shape index (κ3) is 6.46. The first-order valence-electron chi connectivity index (χ1n) is 11.1. The van der Waals surface area contributed by atoms with Gasteiger partial charge in [-0.25, -0.2) is 14.8 Å². The van der Waals surface area contributed by atoms with Crippen LogP contribution in [-0.4, -0.2) is 48.7 Å². The van der Waals surface area contributed by atoms with Gasteiger partial charge in [0, 0.05) is 53.5 Å². The molecule has 37 heavy (non-hydrogen) atoms. The van der Waals surface area contributed by atoms with Gasteiger partial charge in [0.1, 0.15) is 0 Å². The molecular formula is C24H24F3IN8O. The molecule has 4 rings (SSSR count). The van der Waals surface area contributed by atoms with Crippen molar-refractivity contribution >= 4 is 57.0 Å². The quantitative estimate of drug-likeness (QED) is 0.194. The van der Waals surface area contributed by atoms with Crippen molar-refractivity contribution in [1.29, 1.82) is 0 Å². The molecule has 0 saturated heterocycles. The Kier molecular flexibility index (Phi) is 7.82. The van der Waals surface area contributed by atoms with Gasteiger partial charge in [-0.3, -0.25) is 10.00 Å². The highest BCUT2D eigenvalue weighted by atomic mass is 127. The van der Waals surface area contributed by atoms with Crippen molar-refractivity contribution in [3.8, 4) is 11.3 Å². The van der Waals surface area contributed by atoms with Crippen LogP contribution < -0.4 is 16.4 Å². The standard InChI is InChI=1S/C24H24F3IN8O/c1-35(8-7-28)13-15-3-5-17(10-18(15)24(25,26)27)31-23(37)33-21-11-20(36(2)34-21)14-4-6-19-16(9-14)12-30-22(29)32-19/h3-6,9-12H,7-8,13H2,1-2H3,(H2,29,30,32)(H2,31,33,34,37). The Morgan fingerprint density at radius 3 is 2.68 bits per heavy atom. The highest BCUT2D eigenvalue weighted by Gasteiger charge is 2.34. The number of fused-ring (bicyclic) bond motifs is 1. The summed E-state index contributed by atoms with van der Waals surface area (Å²) in [6.07, 6.45) is -2.94. The lowest BCUT2D eigenvalue weighted by atomic mass is 10.1. The first-order valence-corrected chi connectivity index (χ1v) is 12.7. The number of nitrogens with zero attached hydrogens (tertiary/aromatic N) is 5. The van der Waals surface area contributed by atoms with Gasteiger partial charge in [0.15, 0.2) is 5.82 Å². The number of urea groups is 1. The van der Waals surface area contributed by atoms with Gasteiger partial charge < -0.3 is 16.0 Å². The van der Waals surface area contributed by atoms with Crippen molar-refractivity contribution in [3.05, 3.63) is 59.8 Å². The van der Waals surface area contributed by atoms with Gasteiger partial charge in [-0.15, -0.1) is 0 Å². The second-order valence-electron chi connectivity index (χ2n) is 8.42. The number of aromatic nitrogens is 4. The van der Waals surface area contributed by atoms with Crippen LogP contribution >= 0.6 is 22.6 Å². The highest BCUT2D eigenvalue weighted by molar-refractivity contribution is 14.1. The lowest BCUT2D eigenvalue weighted by Crippen LogP contribution is -2.23. The average molecular weight is 624 g/mol. The number of anilines is 3. The molecule has 4 N–H and O–H groups in total. The summed E-state index contributed by atoms with van der Waals surface area (Å²) in [5.41, 5.74) is 7.21. The molecule has 0 aliphatic rings. The van der Waals surface area contributed by atoms with Gasteiger partial charge in [-0.2, -0.15) is 18.3 Å². The van der Waals surface area contributed by atoms with E-state index in [0.29, 0.717) is 17.8 Å². The zero-order chi connectivity index (χ0) is 26.7. The molecule has 0 aliphatic carbocycles. The van der Waals surface area contributed by atoms with E-state index in [4.69, 9.17) is 5.73 Å². The maximum absolute atomic E-state index is 13.7. The van der Waals surface area contributed by atoms with E-state index >= 15 is 0 Å². The van der Waals surface area contributed by atoms with E-state index in [1.54, 1.807) is 37.1 Å². The summed E-state index contributed by atoms with van der Waals surface area (Å²) in [5, 5.41) is 10.1. The van der Waals surface area contributed by atoms with Gasteiger partial charge in [0.2, 0.25) is 5.95 Å². The molecule has 4 aromatic rings. The number of rotatable bonds is 7. The summed E-state index contributed by atoms with van der Waals surface area (Å²) >= 11 is 2.17. The number of amides is 2. The molecule has 0 radical (unpaired) electrons. The van der Waals surface area contributed by atoms with Crippen LogP contribution in [0, 0.1) is 0 Å². The van der Waals surface area contributed by atoms with Crippen LogP contribution in [0.25, 0.3) is 22.2 Å². The normalized spacial score (nSPS) is 11.8. The first-order chi connectivity index (χ1) is 17.5. The average Bonchev–Trinajstić information content (AvgIpc) is 3.18. The third-order valence-corrected chi connectivity index (χ3v) is 6.08. The molecule has 0 aliphatic heterocycles. The molecule has 2 aromatic carbocycles. The van der Waals surface area contributed by atoms with E-state index in [0.717, 1.165) is 21.4 Å². The highest BCUT2D eigenvalue weighted by Crippen LogP contribution is 2.34. The largest absolute Gasteiger partial charge is 0.416 e. The van der Waals surface area contributed by atoms with E-state index in [9.17, 15) is 18.0 Å². The Morgan fingerprint density at radius 2 is 1.95 bits per heavy atom. The van der Waals surface area contributed by atoms with Gasteiger partial charge in [0.05, 0.1) is 16.8 Å². The Hall–Kier alpha value is -3.46. The number of alkyl halides is 4. The molecule has 2 heterocycles. The minimum Gasteiger partial charge on any atom is -0.368 e. The van der Waals surface area contributed by atoms with Gasteiger partial charge in [-0.1, -0.05) is 34.7 Å². The fraction of sp³-hybridized carbons (Fsp3) is 0.250. The monoisotopic (exact) mass is 624 g/mol. The van der Waals surface area contributed by atoms with Crippen molar-refractivity contribution < 1.29 is 18.0 Å². The lowest BCUT2D eigenvalue weighted by Gasteiger charge is -2.20. The molecule has 0 spiro atoms. The number of hydrogen-bond donors (Lipinski definition) is 3. The van der Waals surface area contributed by atoms with E-state index in [-0.39, 0.29) is 29.6 Å². The first kappa shape index (κ1) is 26.6. The summed E-state index contributed by atoms with van der Waals surface area (Å²) in [6.45, 7) is 0.809. The number of nitrogen functional groups attached to an aromatic ring is 1. The van der Waals surface area contributed by atoms with Crippen molar-refractivity contribution in [2.75, 3.05) is 34.4 Å². The topological polar surface area (TPSA) is 114 Å². The zero-order valence-electron chi connectivity index (χ0n) is 20.0. The smallest absolute Gasteiger partial charge is 0.368 e. The van der Waals surface area contributed by atoms with Crippen molar-refractivity contribution in [1.82, 2.24) is 24.6 Å². The molecule has 0 atom stereocenters. The molecular weight excluding hydrogens is 600 g/mol. The molecule has 194 valence electrons. The predicted molar refractivity (Wildman–Crippen MR) is 145 cm³/mol. The molecule has 0 saturated carbocycles. The molecule has 0 bridgehead atoms. The fourth-order valence-electron chi connectivity index (χ4n) is 3.85. The van der Waals surface area contributed by atoms with Crippen LogP contribution in [0.5, 0.6) is 0 Å². The van der Waals surface area contributed by atoms with Gasteiger partial charge in [-0.05, 0) is 36.9 Å². The summed E-state index contributed by atoms with van der Waals surface area (Å²) < 4.78 is 43.5. The number of hydrogen-bond acceptors (Lipinski definition) is 6. The van der Waals surface area contributed by atoms with Crippen LogP contribution in [0.3, 0.4) is 0 Å². The van der Waals surface area contributed by atoms with Gasteiger partial charge >= 0.3 is 12.2 Å². The summed E-state index contributed by atoms with van der Waals surface area (Å²) in [7, 11) is 3.48. The number of nitrogens with two attached hydrogens (primary N) is 1. The Balaban J connectivity index is 1.50. The lowest BCUT2D eigenvalue weighted by molar-refractivity contribution is -0.138. The van der Waals surface area contributed by atoms with Crippen molar-refractivity contribution in [2.24, 2.45) is 7.05 Å². The van der Waals surface area contributed by atoms with Crippen LogP contribution in [0.15, 0.2) is 48.7 Å². The summed E-state index contributed by atoms with van der Waals surface area (Å²) in [5.74, 6) is 0.413. The fourth-order valence-corrected chi connectivity index (χ4v) is 4.68. The summed E-state index contributed by atoms with van der Waals surface area (Å²) in [4.78, 5) is 22.6. The van der Waals surface area contributed by atoms with Crippen LogP contribution in [0.4, 0.5) is 35.4 Å². The number of nitrogens with one attached hydrogen (secondary N) is 2. The van der Waals surface area contributed by atoms with Gasteiger partial charge in [0.25, 0.3) is 0 Å². The molecule has 0 unspecified atom stereocenters. The zero-order valence-corrected chi connectivity index (χ0v) is 22.1. The van der Waals surface area contributed by atoms with Crippen LogP contribution in [0.1, 0.15) is 11.1 Å². The Bertz CT molecular complexity index is 1440. The molecule has 2 aromatic heterocycles. The van der Waals surface area contributed by atoms with E-state index < -0.39 is 17.8 Å².